The quantitative estimate of drug-likeness (QED) is 0.845. The Bertz CT molecular complexity index is 724. The number of carboxylic acid groups (broad SMARTS) is 1. The zero-order valence-electron chi connectivity index (χ0n) is 15.1. The predicted octanol–water partition coefficient (Wildman–Crippen LogP) is 0.574. The Balaban J connectivity index is 1.54. The number of carboxylic acids is 1. The maximum absolute atomic E-state index is 13.1. The minimum Gasteiger partial charge on any atom is -0.480 e. The lowest BCUT2D eigenvalue weighted by molar-refractivity contribution is -0.139. The number of aromatic nitrogens is 1. The first-order valence-electron chi connectivity index (χ1n) is 9.57. The second-order valence-corrected chi connectivity index (χ2v) is 7.83. The summed E-state index contributed by atoms with van der Waals surface area (Å²) < 4.78 is 7.46. The number of carbonyl (C=O) groups is 1. The van der Waals surface area contributed by atoms with Crippen molar-refractivity contribution in [1.82, 2.24) is 14.4 Å². The van der Waals surface area contributed by atoms with E-state index in [-0.39, 0.29) is 18.0 Å². The molecule has 26 heavy (non-hydrogen) atoms. The number of fused-ring (bicyclic) bond motifs is 4. The first-order valence-corrected chi connectivity index (χ1v) is 9.57. The summed E-state index contributed by atoms with van der Waals surface area (Å²) in [5.41, 5.74) is 2.07. The normalized spacial score (nSPS) is 26.9. The Hall–Kier alpha value is -1.70. The molecule has 3 aliphatic heterocycles. The molecule has 4 heterocycles. The molecular weight excluding hydrogens is 334 g/mol. The van der Waals surface area contributed by atoms with Gasteiger partial charge in [-0.2, -0.15) is 0 Å². The number of likely N-dealkylation sites (tertiary alicyclic amines) is 1. The van der Waals surface area contributed by atoms with E-state index >= 15 is 0 Å². The van der Waals surface area contributed by atoms with E-state index in [4.69, 9.17) is 9.84 Å². The number of ether oxygens (including phenoxy) is 1. The summed E-state index contributed by atoms with van der Waals surface area (Å²) >= 11 is 0. The zero-order valence-corrected chi connectivity index (χ0v) is 15.1. The standard InChI is InChI=1S/C19H27N3O4/c23-18(24)13-21-9-14-8-16(12-21)17-3-2-15(19(25)22(17)10-14)11-20-4-1-6-26-7-5-20/h2-3,14,16H,1,4-13H2,(H,23,24)/t14-,16+/m0/s1. The minimum atomic E-state index is -0.779. The van der Waals surface area contributed by atoms with Gasteiger partial charge in [-0.1, -0.05) is 6.07 Å². The van der Waals surface area contributed by atoms with Crippen LogP contribution in [0.25, 0.3) is 0 Å². The molecule has 4 rings (SSSR count). The molecule has 3 aliphatic rings. The highest BCUT2D eigenvalue weighted by atomic mass is 16.5. The number of piperidine rings is 1. The molecule has 7 nitrogen and oxygen atoms in total. The van der Waals surface area contributed by atoms with E-state index < -0.39 is 5.97 Å². The van der Waals surface area contributed by atoms with Crippen molar-refractivity contribution in [2.75, 3.05) is 45.9 Å². The van der Waals surface area contributed by atoms with Crippen LogP contribution in [0, 0.1) is 5.92 Å². The lowest BCUT2D eigenvalue weighted by atomic mass is 9.83. The van der Waals surface area contributed by atoms with Gasteiger partial charge in [-0.05, 0) is 24.8 Å². The fourth-order valence-corrected chi connectivity index (χ4v) is 4.73. The monoisotopic (exact) mass is 361 g/mol. The fourth-order valence-electron chi connectivity index (χ4n) is 4.73. The van der Waals surface area contributed by atoms with Gasteiger partial charge in [0.2, 0.25) is 0 Å². The third-order valence-electron chi connectivity index (χ3n) is 5.83. The van der Waals surface area contributed by atoms with Crippen LogP contribution in [0.4, 0.5) is 0 Å². The molecule has 0 radical (unpaired) electrons. The molecule has 1 N–H and O–H groups in total. The zero-order chi connectivity index (χ0) is 18.1. The molecule has 0 spiro atoms. The lowest BCUT2D eigenvalue weighted by Crippen LogP contribution is -2.49. The Kier molecular flexibility index (Phi) is 5.11. The van der Waals surface area contributed by atoms with Crippen LogP contribution in [-0.2, 0) is 22.6 Å². The van der Waals surface area contributed by atoms with Gasteiger partial charge in [0.25, 0.3) is 5.56 Å². The number of nitrogens with zero attached hydrogens (tertiary/aromatic N) is 3. The predicted molar refractivity (Wildman–Crippen MR) is 96.3 cm³/mol. The molecule has 2 fully saturated rings. The van der Waals surface area contributed by atoms with Crippen LogP contribution in [0.2, 0.25) is 0 Å². The van der Waals surface area contributed by atoms with E-state index in [1.807, 2.05) is 15.5 Å². The third-order valence-corrected chi connectivity index (χ3v) is 5.83. The number of pyridine rings is 1. The van der Waals surface area contributed by atoms with Crippen molar-refractivity contribution in [2.24, 2.45) is 5.92 Å². The summed E-state index contributed by atoms with van der Waals surface area (Å²) in [4.78, 5) is 28.4. The molecule has 1 aromatic heterocycles. The van der Waals surface area contributed by atoms with Gasteiger partial charge in [0.05, 0.1) is 13.2 Å². The van der Waals surface area contributed by atoms with Gasteiger partial charge in [0.15, 0.2) is 0 Å². The highest BCUT2D eigenvalue weighted by Gasteiger charge is 2.35. The molecule has 2 atom stereocenters. The number of rotatable bonds is 4. The van der Waals surface area contributed by atoms with Crippen LogP contribution in [0.1, 0.15) is 30.0 Å². The van der Waals surface area contributed by atoms with Crippen molar-refractivity contribution < 1.29 is 14.6 Å². The first kappa shape index (κ1) is 17.7. The van der Waals surface area contributed by atoms with Gasteiger partial charge in [0, 0.05) is 63.1 Å². The highest BCUT2D eigenvalue weighted by Crippen LogP contribution is 2.35. The van der Waals surface area contributed by atoms with Crippen LogP contribution in [0.3, 0.4) is 0 Å². The number of hydrogen-bond acceptors (Lipinski definition) is 5. The van der Waals surface area contributed by atoms with Gasteiger partial charge in [-0.15, -0.1) is 0 Å². The maximum Gasteiger partial charge on any atom is 0.317 e. The smallest absolute Gasteiger partial charge is 0.317 e. The van der Waals surface area contributed by atoms with E-state index in [1.165, 1.54) is 0 Å². The van der Waals surface area contributed by atoms with E-state index in [9.17, 15) is 9.59 Å². The van der Waals surface area contributed by atoms with Gasteiger partial charge in [-0.25, -0.2) is 0 Å². The average molecular weight is 361 g/mol. The Morgan fingerprint density at radius 2 is 2.04 bits per heavy atom. The van der Waals surface area contributed by atoms with Gasteiger partial charge in [-0.3, -0.25) is 19.4 Å². The van der Waals surface area contributed by atoms with Crippen molar-refractivity contribution in [2.45, 2.75) is 31.8 Å². The summed E-state index contributed by atoms with van der Waals surface area (Å²) in [5.74, 6) is -0.158. The lowest BCUT2D eigenvalue weighted by Gasteiger charge is -2.42. The Morgan fingerprint density at radius 3 is 2.88 bits per heavy atom. The number of aliphatic carboxylic acids is 1. The molecule has 0 saturated carbocycles. The second-order valence-electron chi connectivity index (χ2n) is 7.83. The molecular formula is C19H27N3O4. The SMILES string of the molecule is O=C(O)CN1C[C@@H]2C[C@H](C1)c1ccc(CN3CCCOCC3)c(=O)n1C2. The van der Waals surface area contributed by atoms with Crippen molar-refractivity contribution >= 4 is 5.97 Å². The van der Waals surface area contributed by atoms with Gasteiger partial charge < -0.3 is 14.4 Å². The van der Waals surface area contributed by atoms with Crippen LogP contribution in [0.15, 0.2) is 16.9 Å². The minimum absolute atomic E-state index is 0.0896. The van der Waals surface area contributed by atoms with E-state index in [0.29, 0.717) is 19.0 Å². The molecule has 7 heteroatoms. The molecule has 0 unspecified atom stereocenters. The van der Waals surface area contributed by atoms with Gasteiger partial charge in [0.1, 0.15) is 0 Å². The Morgan fingerprint density at radius 1 is 1.15 bits per heavy atom. The van der Waals surface area contributed by atoms with Crippen molar-refractivity contribution in [3.8, 4) is 0 Å². The van der Waals surface area contributed by atoms with Crippen LogP contribution < -0.4 is 5.56 Å². The highest BCUT2D eigenvalue weighted by molar-refractivity contribution is 5.69. The fraction of sp³-hybridized carbons (Fsp3) is 0.684. The molecule has 0 amide bonds. The first-order chi connectivity index (χ1) is 12.6. The molecule has 1 aromatic rings. The van der Waals surface area contributed by atoms with E-state index in [2.05, 4.69) is 11.0 Å². The summed E-state index contributed by atoms with van der Waals surface area (Å²) in [5, 5.41) is 9.07. The topological polar surface area (TPSA) is 75.0 Å². The number of hydrogen-bond donors (Lipinski definition) is 1. The summed E-state index contributed by atoms with van der Waals surface area (Å²) in [6, 6.07) is 4.08. The maximum atomic E-state index is 13.1. The van der Waals surface area contributed by atoms with Crippen LogP contribution in [0.5, 0.6) is 0 Å². The van der Waals surface area contributed by atoms with E-state index in [1.54, 1.807) is 0 Å². The van der Waals surface area contributed by atoms with E-state index in [0.717, 1.165) is 63.5 Å². The van der Waals surface area contributed by atoms with Crippen molar-refractivity contribution in [1.29, 1.82) is 0 Å². The van der Waals surface area contributed by atoms with Crippen molar-refractivity contribution in [3.05, 3.63) is 33.7 Å². The third kappa shape index (κ3) is 3.70. The molecule has 0 aliphatic carbocycles. The van der Waals surface area contributed by atoms with Crippen molar-refractivity contribution in [3.63, 3.8) is 0 Å². The van der Waals surface area contributed by atoms with Crippen LogP contribution >= 0.6 is 0 Å². The van der Waals surface area contributed by atoms with Gasteiger partial charge >= 0.3 is 5.97 Å². The van der Waals surface area contributed by atoms with Crippen LogP contribution in [-0.4, -0.2) is 71.4 Å². The Labute approximate surface area is 153 Å². The molecule has 142 valence electrons. The molecule has 2 saturated heterocycles. The molecule has 0 aromatic carbocycles. The average Bonchev–Trinajstić information content (AvgIpc) is 2.86. The largest absolute Gasteiger partial charge is 0.480 e. The second kappa shape index (κ2) is 7.50. The molecule has 2 bridgehead atoms. The summed E-state index contributed by atoms with van der Waals surface area (Å²) in [6.45, 7) is 6.35. The summed E-state index contributed by atoms with van der Waals surface area (Å²) in [7, 11) is 0. The summed E-state index contributed by atoms with van der Waals surface area (Å²) in [6.07, 6.45) is 2.06.